The summed E-state index contributed by atoms with van der Waals surface area (Å²) in [4.78, 5) is 13.2. The van der Waals surface area contributed by atoms with Gasteiger partial charge in [-0.05, 0) is 27.3 Å². The van der Waals surface area contributed by atoms with E-state index in [1.807, 2.05) is 25.8 Å². The van der Waals surface area contributed by atoms with Gasteiger partial charge in [-0.25, -0.2) is 0 Å². The van der Waals surface area contributed by atoms with Gasteiger partial charge in [-0.15, -0.1) is 0 Å². The van der Waals surface area contributed by atoms with Crippen LogP contribution in [-0.2, 0) is 14.3 Å². The molecule has 0 N–H and O–H groups in total. The number of rotatable bonds is 4. The Balaban J connectivity index is 2.33. The number of carbonyl (C=O) groups is 1. The fourth-order valence-corrected chi connectivity index (χ4v) is 1.83. The average molecular weight is 201 g/mol. The second-order valence-electron chi connectivity index (χ2n) is 3.65. The molecule has 2 atom stereocenters. The number of esters is 1. The summed E-state index contributed by atoms with van der Waals surface area (Å²) in [5.74, 6) is -0.158. The lowest BCUT2D eigenvalue weighted by atomic mass is 10.1. The van der Waals surface area contributed by atoms with Crippen molar-refractivity contribution in [2.45, 2.75) is 32.4 Å². The first kappa shape index (κ1) is 11.5. The van der Waals surface area contributed by atoms with Gasteiger partial charge in [0.15, 0.2) is 0 Å². The molecule has 2 unspecified atom stereocenters. The van der Waals surface area contributed by atoms with Gasteiger partial charge < -0.3 is 9.47 Å². The fraction of sp³-hybridized carbons (Fsp3) is 0.900. The smallest absolute Gasteiger partial charge is 0.320 e. The molecule has 0 amide bonds. The van der Waals surface area contributed by atoms with Crippen LogP contribution in [0, 0.1) is 0 Å². The topological polar surface area (TPSA) is 38.8 Å². The predicted molar refractivity (Wildman–Crippen MR) is 53.1 cm³/mol. The summed E-state index contributed by atoms with van der Waals surface area (Å²) in [6.45, 7) is 5.45. The molecular formula is C10H19NO3. The number of likely N-dealkylation sites (N-methyl/N-ethyl adjacent to an activating group) is 1. The van der Waals surface area contributed by atoms with Crippen molar-refractivity contribution in [3.8, 4) is 0 Å². The Morgan fingerprint density at radius 2 is 2.36 bits per heavy atom. The summed E-state index contributed by atoms with van der Waals surface area (Å²) < 4.78 is 10.3. The number of ether oxygens (including phenoxy) is 2. The first-order valence-corrected chi connectivity index (χ1v) is 5.12. The maximum absolute atomic E-state index is 11.2. The molecule has 1 aliphatic rings. The summed E-state index contributed by atoms with van der Waals surface area (Å²) >= 11 is 0. The molecule has 0 aromatic heterocycles. The van der Waals surface area contributed by atoms with Gasteiger partial charge in [-0.1, -0.05) is 0 Å². The Hall–Kier alpha value is -0.610. The zero-order valence-corrected chi connectivity index (χ0v) is 9.16. The van der Waals surface area contributed by atoms with E-state index in [2.05, 4.69) is 0 Å². The monoisotopic (exact) mass is 201 g/mol. The zero-order chi connectivity index (χ0) is 10.6. The van der Waals surface area contributed by atoms with Gasteiger partial charge in [-0.2, -0.15) is 0 Å². The first-order chi connectivity index (χ1) is 6.65. The fourth-order valence-electron chi connectivity index (χ4n) is 1.83. The molecule has 0 spiro atoms. The number of hydrogen-bond acceptors (Lipinski definition) is 4. The SMILES string of the molecule is CCOC(=O)CN(C)C1CCOC1C. The van der Waals surface area contributed by atoms with E-state index in [1.54, 1.807) is 0 Å². The van der Waals surface area contributed by atoms with Crippen LogP contribution in [0.5, 0.6) is 0 Å². The molecule has 0 aliphatic carbocycles. The summed E-state index contributed by atoms with van der Waals surface area (Å²) in [5, 5.41) is 0. The lowest BCUT2D eigenvalue weighted by Crippen LogP contribution is -2.40. The standard InChI is InChI=1S/C10H19NO3/c1-4-13-10(12)7-11(3)9-5-6-14-8(9)2/h8-9H,4-7H2,1-3H3. The molecule has 0 saturated carbocycles. The van der Waals surface area contributed by atoms with Gasteiger partial charge in [-0.3, -0.25) is 9.69 Å². The summed E-state index contributed by atoms with van der Waals surface area (Å²) in [6, 6.07) is 0.347. The molecule has 1 rings (SSSR count). The number of nitrogens with zero attached hydrogens (tertiary/aromatic N) is 1. The Morgan fingerprint density at radius 1 is 1.64 bits per heavy atom. The quantitative estimate of drug-likeness (QED) is 0.626. The van der Waals surface area contributed by atoms with Crippen molar-refractivity contribution >= 4 is 5.97 Å². The highest BCUT2D eigenvalue weighted by Crippen LogP contribution is 2.17. The molecule has 1 saturated heterocycles. The van der Waals surface area contributed by atoms with Crippen LogP contribution in [0.4, 0.5) is 0 Å². The third-order valence-corrected chi connectivity index (χ3v) is 2.59. The van der Waals surface area contributed by atoms with Gasteiger partial charge in [0, 0.05) is 12.6 Å². The summed E-state index contributed by atoms with van der Waals surface area (Å²) in [5.41, 5.74) is 0. The summed E-state index contributed by atoms with van der Waals surface area (Å²) in [6.07, 6.45) is 1.21. The van der Waals surface area contributed by atoms with Gasteiger partial charge in [0.05, 0.1) is 19.3 Å². The highest BCUT2D eigenvalue weighted by atomic mass is 16.5. The predicted octanol–water partition coefficient (Wildman–Crippen LogP) is 0.659. The minimum absolute atomic E-state index is 0.158. The van der Waals surface area contributed by atoms with Crippen LogP contribution in [0.2, 0.25) is 0 Å². The zero-order valence-electron chi connectivity index (χ0n) is 9.16. The van der Waals surface area contributed by atoms with Crippen molar-refractivity contribution in [2.24, 2.45) is 0 Å². The molecule has 1 aliphatic heterocycles. The number of hydrogen-bond donors (Lipinski definition) is 0. The largest absolute Gasteiger partial charge is 0.465 e. The van der Waals surface area contributed by atoms with Crippen LogP contribution in [0.1, 0.15) is 20.3 Å². The number of carbonyl (C=O) groups excluding carboxylic acids is 1. The van der Waals surface area contributed by atoms with Crippen LogP contribution < -0.4 is 0 Å². The van der Waals surface area contributed by atoms with E-state index in [0.29, 0.717) is 19.2 Å². The molecule has 0 radical (unpaired) electrons. The van der Waals surface area contributed by atoms with Crippen LogP contribution in [-0.4, -0.2) is 49.8 Å². The molecule has 82 valence electrons. The summed E-state index contributed by atoms with van der Waals surface area (Å²) in [7, 11) is 1.94. The van der Waals surface area contributed by atoms with Crippen molar-refractivity contribution in [3.63, 3.8) is 0 Å². The minimum Gasteiger partial charge on any atom is -0.465 e. The second kappa shape index (κ2) is 5.32. The molecule has 0 aromatic rings. The van der Waals surface area contributed by atoms with E-state index in [0.717, 1.165) is 13.0 Å². The van der Waals surface area contributed by atoms with E-state index in [1.165, 1.54) is 0 Å². The Bertz CT molecular complexity index is 196. The van der Waals surface area contributed by atoms with Crippen molar-refractivity contribution in [2.75, 3.05) is 26.8 Å². The van der Waals surface area contributed by atoms with Gasteiger partial charge >= 0.3 is 5.97 Å². The first-order valence-electron chi connectivity index (χ1n) is 5.12. The minimum atomic E-state index is -0.158. The highest BCUT2D eigenvalue weighted by Gasteiger charge is 2.28. The van der Waals surface area contributed by atoms with Crippen molar-refractivity contribution in [3.05, 3.63) is 0 Å². The highest BCUT2D eigenvalue weighted by molar-refractivity contribution is 5.71. The Morgan fingerprint density at radius 3 is 2.86 bits per heavy atom. The van der Waals surface area contributed by atoms with Gasteiger partial charge in [0.2, 0.25) is 0 Å². The van der Waals surface area contributed by atoms with Crippen LogP contribution in [0.3, 0.4) is 0 Å². The molecule has 0 aromatic carbocycles. The Labute approximate surface area is 85.2 Å². The molecule has 14 heavy (non-hydrogen) atoms. The normalized spacial score (nSPS) is 26.9. The van der Waals surface area contributed by atoms with Crippen molar-refractivity contribution < 1.29 is 14.3 Å². The molecular weight excluding hydrogens is 182 g/mol. The van der Waals surface area contributed by atoms with E-state index in [9.17, 15) is 4.79 Å². The van der Waals surface area contributed by atoms with Crippen LogP contribution in [0.15, 0.2) is 0 Å². The van der Waals surface area contributed by atoms with E-state index >= 15 is 0 Å². The van der Waals surface area contributed by atoms with Crippen molar-refractivity contribution in [1.29, 1.82) is 0 Å². The third-order valence-electron chi connectivity index (χ3n) is 2.59. The van der Waals surface area contributed by atoms with Gasteiger partial charge in [0.1, 0.15) is 0 Å². The molecule has 1 fully saturated rings. The maximum atomic E-state index is 11.2. The molecule has 1 heterocycles. The van der Waals surface area contributed by atoms with Gasteiger partial charge in [0.25, 0.3) is 0 Å². The van der Waals surface area contributed by atoms with Crippen molar-refractivity contribution in [1.82, 2.24) is 4.90 Å². The van der Waals surface area contributed by atoms with E-state index in [4.69, 9.17) is 9.47 Å². The van der Waals surface area contributed by atoms with E-state index in [-0.39, 0.29) is 12.1 Å². The third kappa shape index (κ3) is 2.96. The lowest BCUT2D eigenvalue weighted by molar-refractivity contribution is -0.144. The Kier molecular flexibility index (Phi) is 4.35. The molecule has 0 bridgehead atoms. The molecule has 4 heteroatoms. The lowest BCUT2D eigenvalue weighted by Gasteiger charge is -2.25. The van der Waals surface area contributed by atoms with E-state index < -0.39 is 0 Å². The second-order valence-corrected chi connectivity index (χ2v) is 3.65. The average Bonchev–Trinajstić information content (AvgIpc) is 2.51. The van der Waals surface area contributed by atoms with Crippen LogP contribution in [0.25, 0.3) is 0 Å². The molecule has 4 nitrogen and oxygen atoms in total. The maximum Gasteiger partial charge on any atom is 0.320 e. The van der Waals surface area contributed by atoms with Crippen LogP contribution >= 0.6 is 0 Å².